The fourth-order valence-electron chi connectivity index (χ4n) is 1.68. The lowest BCUT2D eigenvalue weighted by atomic mass is 9.92. The van der Waals surface area contributed by atoms with Crippen molar-refractivity contribution in [1.82, 2.24) is 4.90 Å². The normalized spacial score (nSPS) is 12.8. The standard InChI is InChI=1S/C13H19NO/c1-11(15)13(9-10-14(2)3)12-7-5-4-6-8-12/h4-8,13H,9-10H2,1-3H3. The van der Waals surface area contributed by atoms with Gasteiger partial charge < -0.3 is 4.90 Å². The molecule has 2 heteroatoms. The number of Topliss-reactive ketones (excluding diaryl/α,β-unsaturated/α-hetero) is 1. The van der Waals surface area contributed by atoms with Crippen LogP contribution in [0.3, 0.4) is 0 Å². The van der Waals surface area contributed by atoms with E-state index < -0.39 is 0 Å². The number of carbonyl (C=O) groups excluding carboxylic acids is 1. The molecule has 1 rings (SSSR count). The molecule has 0 aromatic heterocycles. The van der Waals surface area contributed by atoms with Gasteiger partial charge in [-0.05, 0) is 39.5 Å². The first kappa shape index (κ1) is 11.9. The van der Waals surface area contributed by atoms with Crippen molar-refractivity contribution in [3.05, 3.63) is 35.9 Å². The number of nitrogens with zero attached hydrogens (tertiary/aromatic N) is 1. The topological polar surface area (TPSA) is 20.3 Å². The summed E-state index contributed by atoms with van der Waals surface area (Å²) in [5, 5.41) is 0. The highest BCUT2D eigenvalue weighted by molar-refractivity contribution is 5.83. The number of hydrogen-bond acceptors (Lipinski definition) is 2. The minimum absolute atomic E-state index is 0.0496. The zero-order valence-corrected chi connectivity index (χ0v) is 9.73. The van der Waals surface area contributed by atoms with Gasteiger partial charge in [0.25, 0.3) is 0 Å². The Bertz CT molecular complexity index is 306. The van der Waals surface area contributed by atoms with Crippen LogP contribution in [0, 0.1) is 0 Å². The lowest BCUT2D eigenvalue weighted by Crippen LogP contribution is -2.19. The van der Waals surface area contributed by atoms with Gasteiger partial charge in [-0.25, -0.2) is 0 Å². The molecular weight excluding hydrogens is 186 g/mol. The van der Waals surface area contributed by atoms with Gasteiger partial charge in [0.2, 0.25) is 0 Å². The molecule has 0 aliphatic heterocycles. The summed E-state index contributed by atoms with van der Waals surface area (Å²) in [6, 6.07) is 10.0. The van der Waals surface area contributed by atoms with E-state index in [1.165, 1.54) is 0 Å². The fourth-order valence-corrected chi connectivity index (χ4v) is 1.68. The van der Waals surface area contributed by atoms with Crippen LogP contribution in [0.25, 0.3) is 0 Å². The molecule has 0 amide bonds. The van der Waals surface area contributed by atoms with Gasteiger partial charge in [0.1, 0.15) is 5.78 Å². The average molecular weight is 205 g/mol. The Hall–Kier alpha value is -1.15. The number of hydrogen-bond donors (Lipinski definition) is 0. The second-order valence-corrected chi connectivity index (χ2v) is 4.17. The molecule has 0 heterocycles. The highest BCUT2D eigenvalue weighted by Crippen LogP contribution is 2.20. The van der Waals surface area contributed by atoms with Gasteiger partial charge >= 0.3 is 0 Å². The van der Waals surface area contributed by atoms with Crippen molar-refractivity contribution in [2.24, 2.45) is 0 Å². The van der Waals surface area contributed by atoms with E-state index in [2.05, 4.69) is 4.90 Å². The predicted molar refractivity (Wildman–Crippen MR) is 63.0 cm³/mol. The maximum absolute atomic E-state index is 11.5. The van der Waals surface area contributed by atoms with Gasteiger partial charge in [0, 0.05) is 5.92 Å². The lowest BCUT2D eigenvalue weighted by molar-refractivity contribution is -0.118. The third-order valence-corrected chi connectivity index (χ3v) is 2.56. The molecule has 0 aliphatic carbocycles. The number of ketones is 1. The third kappa shape index (κ3) is 3.84. The summed E-state index contributed by atoms with van der Waals surface area (Å²) in [6.45, 7) is 2.62. The maximum atomic E-state index is 11.5. The Morgan fingerprint density at radius 3 is 2.33 bits per heavy atom. The van der Waals surface area contributed by atoms with Gasteiger partial charge in [0.15, 0.2) is 0 Å². The molecule has 1 unspecified atom stereocenters. The zero-order valence-electron chi connectivity index (χ0n) is 9.73. The van der Waals surface area contributed by atoms with Crippen molar-refractivity contribution < 1.29 is 4.79 Å². The lowest BCUT2D eigenvalue weighted by Gasteiger charge is -2.17. The van der Waals surface area contributed by atoms with Crippen LogP contribution in [0.2, 0.25) is 0 Å². The average Bonchev–Trinajstić information content (AvgIpc) is 2.18. The first-order valence-corrected chi connectivity index (χ1v) is 5.31. The monoisotopic (exact) mass is 205 g/mol. The zero-order chi connectivity index (χ0) is 11.3. The van der Waals surface area contributed by atoms with Crippen molar-refractivity contribution in [1.29, 1.82) is 0 Å². The van der Waals surface area contributed by atoms with Crippen LogP contribution in [-0.4, -0.2) is 31.3 Å². The molecule has 0 bridgehead atoms. The van der Waals surface area contributed by atoms with Gasteiger partial charge in [-0.1, -0.05) is 30.3 Å². The Morgan fingerprint density at radius 2 is 1.87 bits per heavy atom. The van der Waals surface area contributed by atoms with Gasteiger partial charge in [0.05, 0.1) is 0 Å². The van der Waals surface area contributed by atoms with E-state index in [0.29, 0.717) is 0 Å². The van der Waals surface area contributed by atoms with Crippen LogP contribution in [0.1, 0.15) is 24.8 Å². The van der Waals surface area contributed by atoms with Gasteiger partial charge in [-0.2, -0.15) is 0 Å². The van der Waals surface area contributed by atoms with Gasteiger partial charge in [-0.15, -0.1) is 0 Å². The Kier molecular flexibility index (Phi) is 4.50. The molecule has 0 fully saturated rings. The summed E-state index contributed by atoms with van der Waals surface area (Å²) >= 11 is 0. The van der Waals surface area contributed by atoms with Crippen molar-refractivity contribution in [3.63, 3.8) is 0 Å². The van der Waals surface area contributed by atoms with Crippen LogP contribution in [0.15, 0.2) is 30.3 Å². The Balaban J connectivity index is 2.71. The van der Waals surface area contributed by atoms with E-state index in [-0.39, 0.29) is 11.7 Å². The molecule has 0 aliphatic rings. The molecule has 1 aromatic rings. The summed E-state index contributed by atoms with van der Waals surface area (Å²) in [6.07, 6.45) is 0.895. The molecule has 0 radical (unpaired) electrons. The smallest absolute Gasteiger partial charge is 0.137 e. The summed E-state index contributed by atoms with van der Waals surface area (Å²) in [7, 11) is 4.06. The van der Waals surface area contributed by atoms with E-state index in [4.69, 9.17) is 0 Å². The molecule has 1 atom stereocenters. The molecule has 15 heavy (non-hydrogen) atoms. The molecule has 0 saturated carbocycles. The second kappa shape index (κ2) is 5.66. The molecular formula is C13H19NO. The first-order valence-electron chi connectivity index (χ1n) is 5.31. The quantitative estimate of drug-likeness (QED) is 0.735. The van der Waals surface area contributed by atoms with Crippen LogP contribution >= 0.6 is 0 Å². The highest BCUT2D eigenvalue weighted by atomic mass is 16.1. The van der Waals surface area contributed by atoms with Crippen molar-refractivity contribution in [2.75, 3.05) is 20.6 Å². The largest absolute Gasteiger partial charge is 0.309 e. The minimum Gasteiger partial charge on any atom is -0.309 e. The van der Waals surface area contributed by atoms with Crippen LogP contribution < -0.4 is 0 Å². The summed E-state index contributed by atoms with van der Waals surface area (Å²) in [4.78, 5) is 13.6. The number of carbonyl (C=O) groups is 1. The summed E-state index contributed by atoms with van der Waals surface area (Å²) < 4.78 is 0. The molecule has 0 spiro atoms. The summed E-state index contributed by atoms with van der Waals surface area (Å²) in [5.41, 5.74) is 1.13. The van der Waals surface area contributed by atoms with Gasteiger partial charge in [-0.3, -0.25) is 4.79 Å². The number of rotatable bonds is 5. The van der Waals surface area contributed by atoms with E-state index in [1.807, 2.05) is 44.4 Å². The maximum Gasteiger partial charge on any atom is 0.137 e. The third-order valence-electron chi connectivity index (χ3n) is 2.56. The van der Waals surface area contributed by atoms with Crippen molar-refractivity contribution in [2.45, 2.75) is 19.3 Å². The molecule has 0 saturated heterocycles. The summed E-state index contributed by atoms with van der Waals surface area (Å²) in [5.74, 6) is 0.302. The Morgan fingerprint density at radius 1 is 1.27 bits per heavy atom. The highest BCUT2D eigenvalue weighted by Gasteiger charge is 2.15. The van der Waals surface area contributed by atoms with E-state index in [0.717, 1.165) is 18.5 Å². The van der Waals surface area contributed by atoms with Crippen LogP contribution in [0.4, 0.5) is 0 Å². The molecule has 1 aromatic carbocycles. The van der Waals surface area contributed by atoms with E-state index >= 15 is 0 Å². The molecule has 82 valence electrons. The minimum atomic E-state index is 0.0496. The Labute approximate surface area is 91.9 Å². The van der Waals surface area contributed by atoms with Crippen LogP contribution in [-0.2, 0) is 4.79 Å². The second-order valence-electron chi connectivity index (χ2n) is 4.17. The fraction of sp³-hybridized carbons (Fsp3) is 0.462. The number of benzene rings is 1. The van der Waals surface area contributed by atoms with Crippen LogP contribution in [0.5, 0.6) is 0 Å². The molecule has 0 N–H and O–H groups in total. The first-order chi connectivity index (χ1) is 7.11. The predicted octanol–water partition coefficient (Wildman–Crippen LogP) is 2.31. The van der Waals surface area contributed by atoms with E-state index in [1.54, 1.807) is 6.92 Å². The van der Waals surface area contributed by atoms with E-state index in [9.17, 15) is 4.79 Å². The molecule has 2 nitrogen and oxygen atoms in total. The van der Waals surface area contributed by atoms with Crippen molar-refractivity contribution in [3.8, 4) is 0 Å². The van der Waals surface area contributed by atoms with Crippen molar-refractivity contribution >= 4 is 5.78 Å². The SMILES string of the molecule is CC(=O)C(CCN(C)C)c1ccccc1.